The Labute approximate surface area is 128 Å². The maximum Gasteiger partial charge on any atom is 0.133 e. The van der Waals surface area contributed by atoms with E-state index < -0.39 is 0 Å². The van der Waals surface area contributed by atoms with Crippen molar-refractivity contribution < 1.29 is 4.74 Å². The number of hydrogen-bond donors (Lipinski definition) is 1. The molecule has 0 bridgehead atoms. The Morgan fingerprint density at radius 3 is 2.80 bits per heavy atom. The molecule has 0 saturated carbocycles. The molecule has 108 valence electrons. The van der Waals surface area contributed by atoms with Crippen molar-refractivity contribution in [1.82, 2.24) is 15.1 Å². The highest BCUT2D eigenvalue weighted by Gasteiger charge is 2.06. The third-order valence-corrected chi connectivity index (χ3v) is 3.66. The van der Waals surface area contributed by atoms with Crippen LogP contribution in [0.15, 0.2) is 34.9 Å². The van der Waals surface area contributed by atoms with Crippen LogP contribution in [0, 0.1) is 0 Å². The molecule has 1 heterocycles. The third kappa shape index (κ3) is 3.84. The average molecular weight is 338 g/mol. The van der Waals surface area contributed by atoms with Crippen LogP contribution in [0.5, 0.6) is 5.75 Å². The van der Waals surface area contributed by atoms with Crippen molar-refractivity contribution in [3.05, 3.63) is 46.2 Å². The quantitative estimate of drug-likeness (QED) is 0.879. The van der Waals surface area contributed by atoms with Gasteiger partial charge in [-0.2, -0.15) is 5.10 Å². The molecule has 0 aliphatic rings. The van der Waals surface area contributed by atoms with Crippen molar-refractivity contribution in [2.45, 2.75) is 33.0 Å². The molecule has 0 unspecified atom stereocenters. The minimum Gasteiger partial charge on any atom is -0.496 e. The van der Waals surface area contributed by atoms with Crippen LogP contribution in [0.4, 0.5) is 0 Å². The Morgan fingerprint density at radius 2 is 2.15 bits per heavy atom. The van der Waals surface area contributed by atoms with E-state index in [-0.39, 0.29) is 0 Å². The maximum atomic E-state index is 5.24. The Bertz CT molecular complexity index is 566. The van der Waals surface area contributed by atoms with Gasteiger partial charge in [-0.1, -0.05) is 19.9 Å². The standard InChI is InChI=1S/C15H20BrN3O/c1-11(2)17-9-13-6-7-18-19(13)10-12-4-5-15(20-3)14(16)8-12/h4-8,11,17H,9-10H2,1-3H3. The normalized spacial score (nSPS) is 11.1. The summed E-state index contributed by atoms with van der Waals surface area (Å²) in [5.41, 5.74) is 2.37. The van der Waals surface area contributed by atoms with E-state index in [2.05, 4.69) is 52.3 Å². The number of nitrogens with one attached hydrogen (secondary N) is 1. The van der Waals surface area contributed by atoms with Crippen LogP contribution in [-0.4, -0.2) is 22.9 Å². The van der Waals surface area contributed by atoms with Crippen LogP contribution in [0.3, 0.4) is 0 Å². The number of nitrogens with zero attached hydrogens (tertiary/aromatic N) is 2. The summed E-state index contributed by atoms with van der Waals surface area (Å²) in [5, 5.41) is 7.81. The Kier molecular flexibility index (Phi) is 5.20. The molecule has 0 spiro atoms. The number of halogens is 1. The molecular weight excluding hydrogens is 318 g/mol. The van der Waals surface area contributed by atoms with Crippen LogP contribution in [-0.2, 0) is 13.1 Å². The Balaban J connectivity index is 2.10. The largest absolute Gasteiger partial charge is 0.496 e. The Morgan fingerprint density at radius 1 is 1.35 bits per heavy atom. The molecule has 0 fully saturated rings. The van der Waals surface area contributed by atoms with E-state index in [4.69, 9.17) is 4.74 Å². The van der Waals surface area contributed by atoms with E-state index in [0.29, 0.717) is 6.04 Å². The number of aromatic nitrogens is 2. The van der Waals surface area contributed by atoms with Gasteiger partial charge in [-0.15, -0.1) is 0 Å². The number of rotatable bonds is 6. The summed E-state index contributed by atoms with van der Waals surface area (Å²) in [7, 11) is 1.67. The fraction of sp³-hybridized carbons (Fsp3) is 0.400. The van der Waals surface area contributed by atoms with Gasteiger partial charge in [0.2, 0.25) is 0 Å². The zero-order chi connectivity index (χ0) is 14.5. The van der Waals surface area contributed by atoms with Gasteiger partial charge in [0.15, 0.2) is 0 Å². The fourth-order valence-corrected chi connectivity index (χ4v) is 2.53. The van der Waals surface area contributed by atoms with Crippen LogP contribution in [0.1, 0.15) is 25.1 Å². The molecule has 1 aromatic carbocycles. The first-order valence-corrected chi connectivity index (χ1v) is 7.46. The minimum atomic E-state index is 0.466. The van der Waals surface area contributed by atoms with Crippen molar-refractivity contribution in [1.29, 1.82) is 0 Å². The van der Waals surface area contributed by atoms with Gasteiger partial charge in [0.25, 0.3) is 0 Å². The minimum absolute atomic E-state index is 0.466. The van der Waals surface area contributed by atoms with Gasteiger partial charge in [-0.3, -0.25) is 4.68 Å². The SMILES string of the molecule is COc1ccc(Cn2nccc2CNC(C)C)cc1Br. The molecule has 0 aliphatic heterocycles. The summed E-state index contributed by atoms with van der Waals surface area (Å²) in [5.74, 6) is 0.843. The summed E-state index contributed by atoms with van der Waals surface area (Å²) < 4.78 is 8.23. The van der Waals surface area contributed by atoms with E-state index in [9.17, 15) is 0 Å². The van der Waals surface area contributed by atoms with E-state index in [1.54, 1.807) is 7.11 Å². The molecule has 0 amide bonds. The zero-order valence-corrected chi connectivity index (χ0v) is 13.6. The molecule has 4 nitrogen and oxygen atoms in total. The number of hydrogen-bond acceptors (Lipinski definition) is 3. The maximum absolute atomic E-state index is 5.24. The lowest BCUT2D eigenvalue weighted by Gasteiger charge is -2.11. The number of benzene rings is 1. The van der Waals surface area contributed by atoms with E-state index in [1.165, 1.54) is 11.3 Å². The fourth-order valence-electron chi connectivity index (χ4n) is 1.94. The topological polar surface area (TPSA) is 39.1 Å². The first-order chi connectivity index (χ1) is 9.60. The highest BCUT2D eigenvalue weighted by atomic mass is 79.9. The average Bonchev–Trinajstić information content (AvgIpc) is 2.84. The van der Waals surface area contributed by atoms with Crippen LogP contribution in [0.2, 0.25) is 0 Å². The van der Waals surface area contributed by atoms with Crippen LogP contribution < -0.4 is 10.1 Å². The molecule has 1 N–H and O–H groups in total. The van der Waals surface area contributed by atoms with Gasteiger partial charge in [0.05, 0.1) is 23.8 Å². The van der Waals surface area contributed by atoms with Gasteiger partial charge in [-0.25, -0.2) is 0 Å². The summed E-state index contributed by atoms with van der Waals surface area (Å²) in [6.07, 6.45) is 1.84. The molecule has 20 heavy (non-hydrogen) atoms. The molecule has 0 radical (unpaired) electrons. The highest BCUT2D eigenvalue weighted by Crippen LogP contribution is 2.25. The molecule has 5 heteroatoms. The van der Waals surface area contributed by atoms with Gasteiger partial charge in [-0.05, 0) is 39.7 Å². The molecule has 0 aliphatic carbocycles. The van der Waals surface area contributed by atoms with Crippen molar-refractivity contribution in [3.63, 3.8) is 0 Å². The third-order valence-electron chi connectivity index (χ3n) is 3.04. The molecule has 1 aromatic heterocycles. The number of methoxy groups -OCH3 is 1. The first kappa shape index (κ1) is 15.1. The summed E-state index contributed by atoms with van der Waals surface area (Å²) in [6, 6.07) is 8.61. The van der Waals surface area contributed by atoms with Crippen molar-refractivity contribution in [2.75, 3.05) is 7.11 Å². The van der Waals surface area contributed by atoms with Gasteiger partial charge < -0.3 is 10.1 Å². The summed E-state index contributed by atoms with van der Waals surface area (Å²) in [4.78, 5) is 0. The van der Waals surface area contributed by atoms with E-state index in [0.717, 1.165) is 23.3 Å². The van der Waals surface area contributed by atoms with Gasteiger partial charge in [0, 0.05) is 18.8 Å². The van der Waals surface area contributed by atoms with Crippen molar-refractivity contribution in [2.24, 2.45) is 0 Å². The predicted molar refractivity (Wildman–Crippen MR) is 84.0 cm³/mol. The van der Waals surface area contributed by atoms with E-state index in [1.807, 2.05) is 23.0 Å². The second kappa shape index (κ2) is 6.90. The monoisotopic (exact) mass is 337 g/mol. The lowest BCUT2D eigenvalue weighted by Crippen LogP contribution is -2.23. The zero-order valence-electron chi connectivity index (χ0n) is 12.1. The van der Waals surface area contributed by atoms with Crippen molar-refractivity contribution in [3.8, 4) is 5.75 Å². The summed E-state index contributed by atoms with van der Waals surface area (Å²) in [6.45, 7) is 5.86. The van der Waals surface area contributed by atoms with Gasteiger partial charge >= 0.3 is 0 Å². The van der Waals surface area contributed by atoms with Crippen molar-refractivity contribution >= 4 is 15.9 Å². The molecular formula is C15H20BrN3O. The van der Waals surface area contributed by atoms with Gasteiger partial charge in [0.1, 0.15) is 5.75 Å². The molecule has 2 aromatic rings. The molecule has 2 rings (SSSR count). The van der Waals surface area contributed by atoms with Crippen LogP contribution in [0.25, 0.3) is 0 Å². The lowest BCUT2D eigenvalue weighted by atomic mass is 10.2. The highest BCUT2D eigenvalue weighted by molar-refractivity contribution is 9.10. The lowest BCUT2D eigenvalue weighted by molar-refractivity contribution is 0.412. The molecule has 0 saturated heterocycles. The molecule has 0 atom stereocenters. The summed E-state index contributed by atoms with van der Waals surface area (Å²) >= 11 is 3.51. The second-order valence-electron chi connectivity index (χ2n) is 4.98. The second-order valence-corrected chi connectivity index (χ2v) is 5.84. The smallest absolute Gasteiger partial charge is 0.133 e. The van der Waals surface area contributed by atoms with E-state index >= 15 is 0 Å². The first-order valence-electron chi connectivity index (χ1n) is 6.66. The van der Waals surface area contributed by atoms with Crippen LogP contribution >= 0.6 is 15.9 Å². The predicted octanol–water partition coefficient (Wildman–Crippen LogP) is 3.20. The Hall–Kier alpha value is -1.33. The number of ether oxygens (including phenoxy) is 1.